The van der Waals surface area contributed by atoms with E-state index in [0.717, 1.165) is 178 Å². The van der Waals surface area contributed by atoms with Gasteiger partial charge in [0.05, 0.1) is 0 Å². The first-order valence-electron chi connectivity index (χ1n) is 55.5. The molecule has 19 rings (SSSR count). The van der Waals surface area contributed by atoms with Crippen LogP contribution in [-0.4, -0.2) is 15.0 Å². The van der Waals surface area contributed by atoms with Crippen molar-refractivity contribution >= 4 is 0 Å². The van der Waals surface area contributed by atoms with E-state index in [9.17, 15) is 0 Å². The third kappa shape index (κ3) is 17.8. The molecule has 0 N–H and O–H groups in total. The first-order chi connectivity index (χ1) is 56.7. The Balaban J connectivity index is 0.932. The van der Waals surface area contributed by atoms with Gasteiger partial charge in [-0.05, 0) is 178 Å². The molecule has 18 fully saturated rings. The van der Waals surface area contributed by atoms with Gasteiger partial charge >= 0.3 is 0 Å². The predicted octanol–water partition coefficient (Wildman–Crippen LogP) is 33.1. The Morgan fingerprint density at radius 3 is 0.272 bits per heavy atom. The SMILES string of the molecule is C1CCC(C2C(c3nc(C4C(C5CCCCC5)C(C5CCCCC5)C(C5CCCCC5)C(C5CCCCC5)C4C4CCCCC4)nc(C4C(C5CCCCC5)C(C5CCCCC5)C(C5CCCCC5)C(C5CCCCC5)C4C4CCCCC4)n3)C(C3CCCCC3)C(C3CCCCC3)C(C3CCCCC3)C2C2CCCCC2)CC1. The molecule has 3 heteroatoms. The smallest absolute Gasteiger partial charge is 0.136 e. The molecule has 1 heterocycles. The lowest BCUT2D eigenvalue weighted by molar-refractivity contribution is -0.132. The molecule has 0 bridgehead atoms. The Bertz CT molecular complexity index is 2480. The van der Waals surface area contributed by atoms with Gasteiger partial charge in [-0.3, -0.25) is 0 Å². The van der Waals surface area contributed by atoms with E-state index in [0.29, 0.717) is 17.8 Å². The Morgan fingerprint density at radius 2 is 0.175 bits per heavy atom. The molecule has 0 saturated heterocycles. The van der Waals surface area contributed by atoms with Gasteiger partial charge in [0, 0.05) is 17.8 Å². The minimum Gasteiger partial charge on any atom is -0.217 e. The topological polar surface area (TPSA) is 38.7 Å². The van der Waals surface area contributed by atoms with Crippen LogP contribution in [0.1, 0.15) is 517 Å². The first-order valence-corrected chi connectivity index (χ1v) is 55.5. The molecular formula is C111H183N3. The molecule has 12 unspecified atom stereocenters. The fraction of sp³-hybridized carbons (Fsp3) is 0.973. The van der Waals surface area contributed by atoms with Gasteiger partial charge in [0.2, 0.25) is 0 Å². The van der Waals surface area contributed by atoms with E-state index in [-0.39, 0.29) is 0 Å². The zero-order valence-corrected chi connectivity index (χ0v) is 74.9. The molecule has 1 aromatic rings. The zero-order chi connectivity index (χ0) is 75.9. The highest BCUT2D eigenvalue weighted by Gasteiger charge is 2.66. The molecule has 3 nitrogen and oxygen atoms in total. The molecule has 0 spiro atoms. The lowest BCUT2D eigenvalue weighted by Crippen LogP contribution is -2.58. The van der Waals surface area contributed by atoms with Crippen LogP contribution < -0.4 is 0 Å². The van der Waals surface area contributed by atoms with Crippen LogP contribution in [-0.2, 0) is 0 Å². The molecule has 1 aromatic heterocycles. The second-order valence-electron chi connectivity index (χ2n) is 47.6. The van der Waals surface area contributed by atoms with E-state index in [1.54, 1.807) is 133 Å². The summed E-state index contributed by atoms with van der Waals surface area (Å²) in [5, 5.41) is 0. The van der Waals surface area contributed by atoms with Gasteiger partial charge in [-0.1, -0.05) is 482 Å². The molecule has 0 aliphatic heterocycles. The van der Waals surface area contributed by atoms with Crippen molar-refractivity contribution in [2.45, 2.75) is 499 Å². The van der Waals surface area contributed by atoms with Crippen LogP contribution in [0.5, 0.6) is 0 Å². The second-order valence-corrected chi connectivity index (χ2v) is 47.6. The average molecular weight is 1560 g/mol. The van der Waals surface area contributed by atoms with E-state index < -0.39 is 0 Å². The summed E-state index contributed by atoms with van der Waals surface area (Å²) in [7, 11) is 0. The summed E-state index contributed by atoms with van der Waals surface area (Å²) in [4.78, 5) is 22.8. The number of rotatable bonds is 18. The van der Waals surface area contributed by atoms with Crippen LogP contribution in [0.3, 0.4) is 0 Å². The average Bonchev–Trinajstić information content (AvgIpc) is 0.709. The zero-order valence-electron chi connectivity index (χ0n) is 74.9. The lowest BCUT2D eigenvalue weighted by Gasteiger charge is -2.63. The fourth-order valence-corrected chi connectivity index (χ4v) is 38.5. The van der Waals surface area contributed by atoms with Gasteiger partial charge < -0.3 is 0 Å². The van der Waals surface area contributed by atoms with E-state index >= 15 is 0 Å². The third-order valence-electron chi connectivity index (χ3n) is 42.3. The molecule has 642 valence electrons. The summed E-state index contributed by atoms with van der Waals surface area (Å²) in [6.45, 7) is 0. The Kier molecular flexibility index (Phi) is 29.2. The largest absolute Gasteiger partial charge is 0.217 e. The fourth-order valence-electron chi connectivity index (χ4n) is 38.5. The summed E-state index contributed by atoms with van der Waals surface area (Å²) in [6, 6.07) is 0. The normalized spacial score (nSPS) is 40.6. The number of hydrogen-bond acceptors (Lipinski definition) is 3. The molecule has 18 aliphatic rings. The standard InChI is InChI=1S/C111H183N3/c1-16-46-76(47-17-1)91-94(79-52-22-4-23-53-79)100(85-64-34-10-35-65-85)106(101(86-66-36-11-37-67-86)95(91)80-54-24-5-25-55-80)109-112-110(107-102(87-68-38-12-39-69-87)96(81-56-26-6-27-57-81)92(77-48-18-2-19-49-77)97(82-58-28-7-29-59-82)103(107)88-70-40-13-41-71-88)114-111(113-109)108-104(89-72-42-14-43-73-89)98(83-60-30-8-31-61-83)93(78-50-20-3-21-51-78)99(84-62-32-9-33-63-84)105(108)90-74-44-15-45-75-90/h76-108H,1-75H2. The predicted molar refractivity (Wildman–Crippen MR) is 479 cm³/mol. The maximum atomic E-state index is 7.61. The quantitative estimate of drug-likeness (QED) is 0.147. The summed E-state index contributed by atoms with van der Waals surface area (Å²) in [6.07, 6.45) is 115. The highest BCUT2D eigenvalue weighted by atomic mass is 15.1. The molecular weight excluding hydrogens is 1380 g/mol. The van der Waals surface area contributed by atoms with E-state index in [4.69, 9.17) is 15.0 Å². The van der Waals surface area contributed by atoms with Crippen molar-refractivity contribution in [2.24, 2.45) is 178 Å². The van der Waals surface area contributed by atoms with Crippen molar-refractivity contribution in [1.82, 2.24) is 15.0 Å². The van der Waals surface area contributed by atoms with Crippen LogP contribution in [0.2, 0.25) is 0 Å². The molecule has 0 aromatic carbocycles. The van der Waals surface area contributed by atoms with E-state index in [1.165, 1.54) is 366 Å². The minimum atomic E-state index is 0.529. The highest BCUT2D eigenvalue weighted by Crippen LogP contribution is 2.72. The van der Waals surface area contributed by atoms with Gasteiger partial charge in [0.1, 0.15) is 17.5 Å². The van der Waals surface area contributed by atoms with E-state index in [1.807, 2.05) is 0 Å². The van der Waals surface area contributed by atoms with Crippen LogP contribution in [0.15, 0.2) is 0 Å². The van der Waals surface area contributed by atoms with Gasteiger partial charge in [-0.2, -0.15) is 0 Å². The molecule has 114 heavy (non-hydrogen) atoms. The van der Waals surface area contributed by atoms with Crippen molar-refractivity contribution in [1.29, 1.82) is 0 Å². The summed E-state index contributed by atoms with van der Waals surface area (Å²) < 4.78 is 0. The minimum absolute atomic E-state index is 0.529. The third-order valence-corrected chi connectivity index (χ3v) is 42.3. The van der Waals surface area contributed by atoms with Crippen molar-refractivity contribution in [3.05, 3.63) is 17.5 Å². The van der Waals surface area contributed by atoms with Crippen molar-refractivity contribution in [3.8, 4) is 0 Å². The van der Waals surface area contributed by atoms with Crippen LogP contribution in [0, 0.1) is 178 Å². The summed E-state index contributed by atoms with van der Waals surface area (Å²) in [5.74, 6) is 32.7. The molecule has 18 aliphatic carbocycles. The first kappa shape index (κ1) is 82.6. The molecule has 18 saturated carbocycles. The summed E-state index contributed by atoms with van der Waals surface area (Å²) >= 11 is 0. The number of nitrogens with zero attached hydrogens (tertiary/aromatic N) is 3. The van der Waals surface area contributed by atoms with Crippen molar-refractivity contribution in [2.75, 3.05) is 0 Å². The van der Waals surface area contributed by atoms with Gasteiger partial charge in [-0.15, -0.1) is 0 Å². The van der Waals surface area contributed by atoms with Crippen LogP contribution in [0.4, 0.5) is 0 Å². The maximum Gasteiger partial charge on any atom is 0.136 e. The maximum absolute atomic E-state index is 7.61. The van der Waals surface area contributed by atoms with Gasteiger partial charge in [0.15, 0.2) is 0 Å². The number of hydrogen-bond donors (Lipinski definition) is 0. The summed E-state index contributed by atoms with van der Waals surface area (Å²) in [5.41, 5.74) is 0. The second kappa shape index (κ2) is 40.3. The van der Waals surface area contributed by atoms with Gasteiger partial charge in [0.25, 0.3) is 0 Å². The Labute approximate surface area is 704 Å². The molecule has 0 radical (unpaired) electrons. The van der Waals surface area contributed by atoms with Gasteiger partial charge in [-0.25, -0.2) is 15.0 Å². The lowest BCUT2D eigenvalue weighted by atomic mass is 9.42. The molecule has 12 atom stereocenters. The molecule has 0 amide bonds. The number of aromatic nitrogens is 3. The van der Waals surface area contributed by atoms with Crippen LogP contribution >= 0.6 is 0 Å². The highest BCUT2D eigenvalue weighted by molar-refractivity contribution is 5.25. The Morgan fingerprint density at radius 1 is 0.0965 bits per heavy atom. The van der Waals surface area contributed by atoms with Crippen LogP contribution in [0.25, 0.3) is 0 Å². The Hall–Kier alpha value is -0.990. The van der Waals surface area contributed by atoms with E-state index in [2.05, 4.69) is 0 Å². The van der Waals surface area contributed by atoms with Crippen molar-refractivity contribution in [3.63, 3.8) is 0 Å². The monoisotopic (exact) mass is 1560 g/mol. The van der Waals surface area contributed by atoms with Crippen molar-refractivity contribution < 1.29 is 0 Å².